The van der Waals surface area contributed by atoms with Gasteiger partial charge in [-0.1, -0.05) is 24.3 Å². The summed E-state index contributed by atoms with van der Waals surface area (Å²) in [6.45, 7) is 0.716. The lowest BCUT2D eigenvalue weighted by Gasteiger charge is -2.09. The highest BCUT2D eigenvalue weighted by atomic mass is 16.5. The molecule has 0 saturated heterocycles. The molecule has 0 saturated carbocycles. The number of hydrogen-bond donors (Lipinski definition) is 2. The number of ether oxygens (including phenoxy) is 2. The maximum absolute atomic E-state index is 12.4. The van der Waals surface area contributed by atoms with Gasteiger partial charge >= 0.3 is 0 Å². The van der Waals surface area contributed by atoms with Gasteiger partial charge in [-0.05, 0) is 41.5 Å². The zero-order valence-corrected chi connectivity index (χ0v) is 16.8. The van der Waals surface area contributed by atoms with Gasteiger partial charge in [-0.2, -0.15) is 0 Å². The van der Waals surface area contributed by atoms with Gasteiger partial charge in [-0.3, -0.25) is 14.6 Å². The van der Waals surface area contributed by atoms with Crippen molar-refractivity contribution in [2.75, 3.05) is 14.2 Å². The Morgan fingerprint density at radius 1 is 0.733 bits per heavy atom. The van der Waals surface area contributed by atoms with Crippen molar-refractivity contribution < 1.29 is 19.1 Å². The van der Waals surface area contributed by atoms with E-state index in [-0.39, 0.29) is 11.8 Å². The quantitative estimate of drug-likeness (QED) is 0.601. The molecule has 0 aliphatic heterocycles. The molecular weight excluding hydrogens is 382 g/mol. The third-order valence-corrected chi connectivity index (χ3v) is 4.49. The maximum Gasteiger partial charge on any atom is 0.253 e. The van der Waals surface area contributed by atoms with Crippen LogP contribution in [-0.4, -0.2) is 31.0 Å². The molecule has 3 rings (SSSR count). The third kappa shape index (κ3) is 5.57. The summed E-state index contributed by atoms with van der Waals surface area (Å²) in [6, 6.07) is 16.3. The third-order valence-electron chi connectivity index (χ3n) is 4.49. The largest absolute Gasteiger partial charge is 0.497 e. The van der Waals surface area contributed by atoms with Gasteiger partial charge in [0.1, 0.15) is 11.5 Å². The summed E-state index contributed by atoms with van der Waals surface area (Å²) in [5, 5.41) is 5.65. The van der Waals surface area contributed by atoms with E-state index in [1.54, 1.807) is 14.2 Å². The molecule has 154 valence electrons. The van der Waals surface area contributed by atoms with E-state index >= 15 is 0 Å². The van der Waals surface area contributed by atoms with E-state index in [1.165, 1.54) is 18.5 Å². The SMILES string of the molecule is COc1ccc(CNC(=O)c2cncc(C(=O)NCc3ccc(OC)cc3)c2)cc1. The second-order valence-corrected chi connectivity index (χ2v) is 6.52. The Morgan fingerprint density at radius 2 is 1.13 bits per heavy atom. The van der Waals surface area contributed by atoms with Gasteiger partial charge in [-0.25, -0.2) is 0 Å². The zero-order chi connectivity index (χ0) is 21.3. The van der Waals surface area contributed by atoms with E-state index in [4.69, 9.17) is 9.47 Å². The number of hydrogen-bond acceptors (Lipinski definition) is 5. The Labute approximate surface area is 175 Å². The lowest BCUT2D eigenvalue weighted by atomic mass is 10.1. The summed E-state index contributed by atoms with van der Waals surface area (Å²) < 4.78 is 10.2. The van der Waals surface area contributed by atoms with Crippen LogP contribution in [0.1, 0.15) is 31.8 Å². The van der Waals surface area contributed by atoms with Gasteiger partial charge in [-0.15, -0.1) is 0 Å². The highest BCUT2D eigenvalue weighted by Crippen LogP contribution is 2.12. The van der Waals surface area contributed by atoms with Crippen LogP contribution in [0.15, 0.2) is 67.0 Å². The topological polar surface area (TPSA) is 89.5 Å². The predicted octanol–water partition coefficient (Wildman–Crippen LogP) is 2.96. The van der Waals surface area contributed by atoms with Gasteiger partial charge in [0.2, 0.25) is 0 Å². The zero-order valence-electron chi connectivity index (χ0n) is 16.8. The second-order valence-electron chi connectivity index (χ2n) is 6.52. The predicted molar refractivity (Wildman–Crippen MR) is 113 cm³/mol. The molecule has 7 nitrogen and oxygen atoms in total. The monoisotopic (exact) mass is 405 g/mol. The molecule has 2 amide bonds. The number of carbonyl (C=O) groups is 2. The molecule has 1 heterocycles. The minimum Gasteiger partial charge on any atom is -0.497 e. The van der Waals surface area contributed by atoms with Crippen molar-refractivity contribution in [3.05, 3.63) is 89.2 Å². The Kier molecular flexibility index (Phi) is 7.00. The fourth-order valence-corrected chi connectivity index (χ4v) is 2.74. The van der Waals surface area contributed by atoms with Crippen LogP contribution in [0.3, 0.4) is 0 Å². The molecule has 1 aromatic heterocycles. The molecule has 2 aromatic carbocycles. The van der Waals surface area contributed by atoms with Gasteiger partial charge in [0.05, 0.1) is 25.3 Å². The van der Waals surface area contributed by atoms with Crippen LogP contribution in [0.4, 0.5) is 0 Å². The highest BCUT2D eigenvalue weighted by molar-refractivity contribution is 5.99. The highest BCUT2D eigenvalue weighted by Gasteiger charge is 2.11. The summed E-state index contributed by atoms with van der Waals surface area (Å²) in [4.78, 5) is 28.9. The van der Waals surface area contributed by atoms with E-state index in [1.807, 2.05) is 48.5 Å². The van der Waals surface area contributed by atoms with Crippen LogP contribution in [0.5, 0.6) is 11.5 Å². The van der Waals surface area contributed by atoms with Crippen molar-refractivity contribution >= 4 is 11.8 Å². The first-order valence-corrected chi connectivity index (χ1v) is 9.36. The first-order chi connectivity index (χ1) is 14.6. The summed E-state index contributed by atoms with van der Waals surface area (Å²) >= 11 is 0. The van der Waals surface area contributed by atoms with Crippen LogP contribution >= 0.6 is 0 Å². The number of rotatable bonds is 8. The Balaban J connectivity index is 1.56. The average Bonchev–Trinajstić information content (AvgIpc) is 2.81. The number of aromatic nitrogens is 1. The smallest absolute Gasteiger partial charge is 0.253 e. The van der Waals surface area contributed by atoms with Crippen molar-refractivity contribution in [1.29, 1.82) is 0 Å². The number of nitrogens with one attached hydrogen (secondary N) is 2. The van der Waals surface area contributed by atoms with Crippen molar-refractivity contribution in [3.63, 3.8) is 0 Å². The first kappa shape index (κ1) is 20.9. The fourth-order valence-electron chi connectivity index (χ4n) is 2.74. The average molecular weight is 405 g/mol. The molecule has 30 heavy (non-hydrogen) atoms. The first-order valence-electron chi connectivity index (χ1n) is 9.36. The van der Waals surface area contributed by atoms with Gasteiger partial charge in [0.25, 0.3) is 11.8 Å². The summed E-state index contributed by atoms with van der Waals surface area (Å²) in [5.41, 5.74) is 2.51. The Bertz CT molecular complexity index is 923. The minimum absolute atomic E-state index is 0.303. The minimum atomic E-state index is -0.303. The van der Waals surface area contributed by atoms with Gasteiger partial charge < -0.3 is 20.1 Å². The van der Waals surface area contributed by atoms with Crippen molar-refractivity contribution in [2.24, 2.45) is 0 Å². The standard InChI is InChI=1S/C23H23N3O4/c1-29-20-7-3-16(4-8-20)12-25-22(27)18-11-19(15-24-14-18)23(28)26-13-17-5-9-21(30-2)10-6-17/h3-11,14-15H,12-13H2,1-2H3,(H,25,27)(H,26,28). The number of nitrogens with zero attached hydrogens (tertiary/aromatic N) is 1. The molecule has 0 fully saturated rings. The Morgan fingerprint density at radius 3 is 1.50 bits per heavy atom. The van der Waals surface area contributed by atoms with Crippen LogP contribution in [0.25, 0.3) is 0 Å². The van der Waals surface area contributed by atoms with E-state index in [2.05, 4.69) is 15.6 Å². The molecule has 0 unspecified atom stereocenters. The fraction of sp³-hybridized carbons (Fsp3) is 0.174. The van der Waals surface area contributed by atoms with Crippen LogP contribution < -0.4 is 20.1 Å². The molecule has 0 spiro atoms. The molecule has 0 radical (unpaired) electrons. The maximum atomic E-state index is 12.4. The number of benzene rings is 2. The number of methoxy groups -OCH3 is 2. The normalized spacial score (nSPS) is 10.2. The Hall–Kier alpha value is -3.87. The van der Waals surface area contributed by atoms with Crippen molar-refractivity contribution in [1.82, 2.24) is 15.6 Å². The summed E-state index contributed by atoms with van der Waals surface area (Å²) in [5.74, 6) is 0.900. The van der Waals surface area contributed by atoms with Crippen LogP contribution in [0.2, 0.25) is 0 Å². The van der Waals surface area contributed by atoms with Crippen LogP contribution in [0, 0.1) is 0 Å². The van der Waals surface area contributed by atoms with E-state index in [9.17, 15) is 9.59 Å². The lowest BCUT2D eigenvalue weighted by Crippen LogP contribution is -2.25. The van der Waals surface area contributed by atoms with E-state index in [0.717, 1.165) is 22.6 Å². The number of amides is 2. The second kappa shape index (κ2) is 10.1. The van der Waals surface area contributed by atoms with Crippen molar-refractivity contribution in [2.45, 2.75) is 13.1 Å². The molecular formula is C23H23N3O4. The molecule has 0 atom stereocenters. The van der Waals surface area contributed by atoms with E-state index in [0.29, 0.717) is 24.2 Å². The molecule has 0 aliphatic carbocycles. The molecule has 2 N–H and O–H groups in total. The lowest BCUT2D eigenvalue weighted by molar-refractivity contribution is 0.0950. The van der Waals surface area contributed by atoms with Gasteiger partial charge in [0.15, 0.2) is 0 Å². The summed E-state index contributed by atoms with van der Waals surface area (Å²) in [6.07, 6.45) is 2.87. The molecule has 7 heteroatoms. The number of pyridine rings is 1. The van der Waals surface area contributed by atoms with Gasteiger partial charge in [0, 0.05) is 25.5 Å². The molecule has 0 bridgehead atoms. The van der Waals surface area contributed by atoms with E-state index < -0.39 is 0 Å². The summed E-state index contributed by atoms with van der Waals surface area (Å²) in [7, 11) is 3.20. The molecule has 0 aliphatic rings. The van der Waals surface area contributed by atoms with Crippen LogP contribution in [-0.2, 0) is 13.1 Å². The van der Waals surface area contributed by atoms with Crippen molar-refractivity contribution in [3.8, 4) is 11.5 Å². The molecule has 3 aromatic rings. The number of carbonyl (C=O) groups excluding carboxylic acids is 2.